The number of ether oxygens (including phenoxy) is 1. The van der Waals surface area contributed by atoms with E-state index in [1.54, 1.807) is 12.1 Å². The minimum Gasteiger partial charge on any atom is -0.374 e. The average molecular weight is 331 g/mol. The lowest BCUT2D eigenvalue weighted by molar-refractivity contribution is -0.0792. The molecule has 2 N–H and O–H groups in total. The van der Waals surface area contributed by atoms with Gasteiger partial charge in [0.05, 0.1) is 18.8 Å². The van der Waals surface area contributed by atoms with Crippen molar-refractivity contribution in [3.63, 3.8) is 0 Å². The molecule has 1 aromatic rings. The molecular formula is C14H20BrFN2O. The summed E-state index contributed by atoms with van der Waals surface area (Å²) in [5, 5.41) is 0. The maximum Gasteiger partial charge on any atom is 0.123 e. The highest BCUT2D eigenvalue weighted by atomic mass is 79.9. The Labute approximate surface area is 122 Å². The largest absolute Gasteiger partial charge is 0.374 e. The second-order valence-corrected chi connectivity index (χ2v) is 5.94. The Hall–Kier alpha value is -0.490. The zero-order valence-electron chi connectivity index (χ0n) is 11.3. The smallest absolute Gasteiger partial charge is 0.123 e. The van der Waals surface area contributed by atoms with Crippen molar-refractivity contribution in [2.45, 2.75) is 32.0 Å². The Morgan fingerprint density at radius 3 is 2.89 bits per heavy atom. The average Bonchev–Trinajstić information content (AvgIpc) is 2.40. The van der Waals surface area contributed by atoms with Crippen LogP contribution in [0.4, 0.5) is 4.39 Å². The van der Waals surface area contributed by atoms with Crippen LogP contribution >= 0.6 is 15.9 Å². The lowest BCUT2D eigenvalue weighted by atomic mass is 9.96. The van der Waals surface area contributed by atoms with E-state index in [1.165, 1.54) is 6.07 Å². The van der Waals surface area contributed by atoms with Gasteiger partial charge in [0, 0.05) is 23.6 Å². The van der Waals surface area contributed by atoms with Crippen molar-refractivity contribution < 1.29 is 9.13 Å². The van der Waals surface area contributed by atoms with Gasteiger partial charge in [-0.2, -0.15) is 0 Å². The number of benzene rings is 1. The van der Waals surface area contributed by atoms with E-state index in [4.69, 9.17) is 10.5 Å². The van der Waals surface area contributed by atoms with Crippen molar-refractivity contribution in [1.82, 2.24) is 4.90 Å². The summed E-state index contributed by atoms with van der Waals surface area (Å²) in [6.45, 7) is 6.21. The first-order valence-corrected chi connectivity index (χ1v) is 7.36. The summed E-state index contributed by atoms with van der Waals surface area (Å²) >= 11 is 3.51. The quantitative estimate of drug-likeness (QED) is 0.926. The van der Waals surface area contributed by atoms with Crippen molar-refractivity contribution in [3.05, 3.63) is 34.1 Å². The van der Waals surface area contributed by atoms with Gasteiger partial charge in [0.1, 0.15) is 5.82 Å². The fourth-order valence-electron chi connectivity index (χ4n) is 2.65. The van der Waals surface area contributed by atoms with Gasteiger partial charge in [0.25, 0.3) is 0 Å². The summed E-state index contributed by atoms with van der Waals surface area (Å²) in [6.07, 6.45) is -0.103. The highest BCUT2D eigenvalue weighted by Gasteiger charge is 2.35. The molecule has 1 fully saturated rings. The molecule has 19 heavy (non-hydrogen) atoms. The van der Waals surface area contributed by atoms with Crippen LogP contribution in [0.15, 0.2) is 22.7 Å². The van der Waals surface area contributed by atoms with Gasteiger partial charge in [-0.1, -0.05) is 15.9 Å². The molecule has 0 saturated carbocycles. The zero-order chi connectivity index (χ0) is 14.0. The molecule has 0 spiro atoms. The Morgan fingerprint density at radius 1 is 1.53 bits per heavy atom. The molecule has 1 heterocycles. The van der Waals surface area contributed by atoms with Crippen LogP contribution in [0.5, 0.6) is 0 Å². The van der Waals surface area contributed by atoms with Crippen LogP contribution < -0.4 is 5.73 Å². The van der Waals surface area contributed by atoms with E-state index in [9.17, 15) is 4.39 Å². The molecule has 0 radical (unpaired) electrons. The summed E-state index contributed by atoms with van der Waals surface area (Å²) < 4.78 is 20.2. The van der Waals surface area contributed by atoms with Gasteiger partial charge >= 0.3 is 0 Å². The molecule has 1 aliphatic rings. The number of nitrogens with zero attached hydrogens (tertiary/aromatic N) is 1. The third-order valence-electron chi connectivity index (χ3n) is 3.56. The minimum atomic E-state index is -0.233. The van der Waals surface area contributed by atoms with E-state index >= 15 is 0 Å². The molecule has 2 atom stereocenters. The van der Waals surface area contributed by atoms with Crippen LogP contribution in [0, 0.1) is 5.82 Å². The van der Waals surface area contributed by atoms with E-state index in [0.29, 0.717) is 19.2 Å². The molecular weight excluding hydrogens is 311 g/mol. The Balaban J connectivity index is 2.42. The van der Waals surface area contributed by atoms with Gasteiger partial charge in [-0.25, -0.2) is 4.39 Å². The maximum absolute atomic E-state index is 13.5. The Kier molecular flexibility index (Phi) is 4.95. The third-order valence-corrected chi connectivity index (χ3v) is 4.29. The lowest BCUT2D eigenvalue weighted by Crippen LogP contribution is -2.50. The van der Waals surface area contributed by atoms with Crippen LogP contribution in [-0.2, 0) is 4.74 Å². The van der Waals surface area contributed by atoms with Gasteiger partial charge in [-0.05, 0) is 37.6 Å². The van der Waals surface area contributed by atoms with E-state index in [1.807, 2.05) is 0 Å². The van der Waals surface area contributed by atoms with Gasteiger partial charge in [0.15, 0.2) is 0 Å². The van der Waals surface area contributed by atoms with Gasteiger partial charge in [0.2, 0.25) is 0 Å². The minimum absolute atomic E-state index is 0.0103. The number of morpholine rings is 1. The molecule has 1 saturated heterocycles. The highest BCUT2D eigenvalue weighted by molar-refractivity contribution is 9.10. The van der Waals surface area contributed by atoms with E-state index in [-0.39, 0.29) is 18.0 Å². The molecule has 0 bridgehead atoms. The summed E-state index contributed by atoms with van der Waals surface area (Å²) in [4.78, 5) is 2.32. The molecule has 5 heteroatoms. The van der Waals surface area contributed by atoms with Crippen LogP contribution in [0.1, 0.15) is 25.5 Å². The van der Waals surface area contributed by atoms with Gasteiger partial charge in [-0.15, -0.1) is 0 Å². The number of rotatable bonds is 3. The summed E-state index contributed by atoms with van der Waals surface area (Å²) in [5.74, 6) is -0.233. The molecule has 0 aliphatic carbocycles. The molecule has 3 nitrogen and oxygen atoms in total. The van der Waals surface area contributed by atoms with Crippen LogP contribution in [0.25, 0.3) is 0 Å². The van der Waals surface area contributed by atoms with E-state index in [0.717, 1.165) is 16.6 Å². The van der Waals surface area contributed by atoms with Crippen LogP contribution in [0.2, 0.25) is 0 Å². The highest BCUT2D eigenvalue weighted by Crippen LogP contribution is 2.35. The van der Waals surface area contributed by atoms with Gasteiger partial charge in [-0.3, -0.25) is 4.90 Å². The summed E-state index contributed by atoms with van der Waals surface area (Å²) in [7, 11) is 0. The second kappa shape index (κ2) is 6.31. The molecule has 2 unspecified atom stereocenters. The van der Waals surface area contributed by atoms with Crippen LogP contribution in [0.3, 0.4) is 0 Å². The zero-order valence-corrected chi connectivity index (χ0v) is 12.9. The molecule has 1 aromatic carbocycles. The van der Waals surface area contributed by atoms with Crippen LogP contribution in [-0.4, -0.2) is 36.7 Å². The molecule has 1 aliphatic heterocycles. The molecule has 0 aromatic heterocycles. The SMILES string of the molecule is CC(C)N1CCOC(CN)C1c1cc(F)ccc1Br. The summed E-state index contributed by atoms with van der Waals surface area (Å²) in [6, 6.07) is 5.11. The number of hydrogen-bond acceptors (Lipinski definition) is 3. The van der Waals surface area contributed by atoms with Crippen molar-refractivity contribution >= 4 is 15.9 Å². The van der Waals surface area contributed by atoms with Gasteiger partial charge < -0.3 is 10.5 Å². The van der Waals surface area contributed by atoms with E-state index in [2.05, 4.69) is 34.7 Å². The fourth-order valence-corrected chi connectivity index (χ4v) is 3.13. The number of hydrogen-bond donors (Lipinski definition) is 1. The first-order valence-electron chi connectivity index (χ1n) is 6.57. The number of halogens is 2. The first kappa shape index (κ1) is 14.9. The number of nitrogens with two attached hydrogens (primary N) is 1. The second-order valence-electron chi connectivity index (χ2n) is 5.09. The summed E-state index contributed by atoms with van der Waals surface area (Å²) in [5.41, 5.74) is 6.73. The van der Waals surface area contributed by atoms with Crippen molar-refractivity contribution in [2.75, 3.05) is 19.7 Å². The fraction of sp³-hybridized carbons (Fsp3) is 0.571. The Morgan fingerprint density at radius 2 is 2.26 bits per heavy atom. The van der Waals surface area contributed by atoms with Crippen molar-refractivity contribution in [1.29, 1.82) is 0 Å². The van der Waals surface area contributed by atoms with E-state index < -0.39 is 0 Å². The monoisotopic (exact) mass is 330 g/mol. The maximum atomic E-state index is 13.5. The predicted octanol–water partition coefficient (Wildman–Crippen LogP) is 2.70. The Bertz CT molecular complexity index is 441. The van der Waals surface area contributed by atoms with Crippen molar-refractivity contribution in [3.8, 4) is 0 Å². The molecule has 2 rings (SSSR count). The standard InChI is InChI=1S/C14H20BrFN2O/c1-9(2)18-5-6-19-13(8-17)14(18)11-7-10(16)3-4-12(11)15/h3-4,7,9,13-14H,5-6,8,17H2,1-2H3. The van der Waals surface area contributed by atoms with Crippen molar-refractivity contribution in [2.24, 2.45) is 5.73 Å². The molecule has 106 valence electrons. The third kappa shape index (κ3) is 3.16. The molecule has 0 amide bonds. The normalized spacial score (nSPS) is 24.9. The predicted molar refractivity (Wildman–Crippen MR) is 77.5 cm³/mol. The first-order chi connectivity index (χ1) is 9.04. The topological polar surface area (TPSA) is 38.5 Å². The lowest BCUT2D eigenvalue weighted by Gasteiger charge is -2.43.